The van der Waals surface area contributed by atoms with Crippen molar-refractivity contribution in [3.8, 4) is 0 Å². The van der Waals surface area contributed by atoms with Gasteiger partial charge in [0.1, 0.15) is 0 Å². The minimum Gasteiger partial charge on any atom is -0.385 e. The van der Waals surface area contributed by atoms with E-state index in [0.29, 0.717) is 0 Å². The quantitative estimate of drug-likeness (QED) is 0.777. The Balaban J connectivity index is 1.74. The summed E-state index contributed by atoms with van der Waals surface area (Å²) in [6.07, 6.45) is 6.76. The third-order valence-electron chi connectivity index (χ3n) is 2.61. The van der Waals surface area contributed by atoms with Crippen LogP contribution in [0.1, 0.15) is 12.0 Å². The summed E-state index contributed by atoms with van der Waals surface area (Å²) in [5, 5.41) is 3.44. The average Bonchev–Trinajstić information content (AvgIpc) is 2.79. The van der Waals surface area contributed by atoms with Gasteiger partial charge in [-0.05, 0) is 25.0 Å². The van der Waals surface area contributed by atoms with Crippen molar-refractivity contribution in [2.45, 2.75) is 19.9 Å². The van der Waals surface area contributed by atoms with Crippen LogP contribution in [0.5, 0.6) is 0 Å². The summed E-state index contributed by atoms with van der Waals surface area (Å²) < 4.78 is 2.10. The van der Waals surface area contributed by atoms with Gasteiger partial charge in [0.05, 0.1) is 6.33 Å². The number of benzene rings is 1. The molecule has 0 radical (unpaired) electrons. The lowest BCUT2D eigenvalue weighted by Crippen LogP contribution is -2.06. The van der Waals surface area contributed by atoms with Crippen LogP contribution in [0.4, 0.5) is 5.69 Å². The van der Waals surface area contributed by atoms with Crippen molar-refractivity contribution >= 4 is 5.69 Å². The molecule has 0 aliphatic carbocycles. The highest BCUT2D eigenvalue weighted by molar-refractivity contribution is 5.49. The highest BCUT2D eigenvalue weighted by Crippen LogP contribution is 2.12. The predicted octanol–water partition coefficient (Wildman–Crippen LogP) is 2.69. The lowest BCUT2D eigenvalue weighted by atomic mass is 10.2. The van der Waals surface area contributed by atoms with E-state index < -0.39 is 0 Å². The molecule has 0 aliphatic rings. The second-order valence-electron chi connectivity index (χ2n) is 3.90. The fraction of sp³-hybridized carbons (Fsp3) is 0.308. The fourth-order valence-electron chi connectivity index (χ4n) is 1.67. The van der Waals surface area contributed by atoms with Crippen LogP contribution in [-0.4, -0.2) is 16.1 Å². The Hall–Kier alpha value is -1.77. The van der Waals surface area contributed by atoms with Crippen molar-refractivity contribution in [3.63, 3.8) is 0 Å². The summed E-state index contributed by atoms with van der Waals surface area (Å²) in [4.78, 5) is 4.02. The van der Waals surface area contributed by atoms with Gasteiger partial charge in [-0.3, -0.25) is 0 Å². The number of aryl methyl sites for hydroxylation is 2. The Labute approximate surface area is 96.1 Å². The molecule has 0 spiro atoms. The molecule has 1 N–H and O–H groups in total. The molecule has 0 fully saturated rings. The molecule has 1 aromatic carbocycles. The van der Waals surface area contributed by atoms with E-state index >= 15 is 0 Å². The highest BCUT2D eigenvalue weighted by atomic mass is 15.0. The molecule has 3 heteroatoms. The molecule has 0 saturated heterocycles. The first-order valence-electron chi connectivity index (χ1n) is 5.61. The number of nitrogens with zero attached hydrogens (tertiary/aromatic N) is 2. The first-order valence-corrected chi connectivity index (χ1v) is 5.61. The molecule has 16 heavy (non-hydrogen) atoms. The fourth-order valence-corrected chi connectivity index (χ4v) is 1.67. The molecule has 0 unspecified atom stereocenters. The largest absolute Gasteiger partial charge is 0.385 e. The molecule has 1 aromatic heterocycles. The zero-order valence-corrected chi connectivity index (χ0v) is 9.56. The monoisotopic (exact) mass is 215 g/mol. The number of aromatic nitrogens is 2. The highest BCUT2D eigenvalue weighted by Gasteiger charge is 1.95. The minimum atomic E-state index is 0.989. The average molecular weight is 215 g/mol. The van der Waals surface area contributed by atoms with E-state index in [9.17, 15) is 0 Å². The summed E-state index contributed by atoms with van der Waals surface area (Å²) in [6.45, 7) is 4.13. The number of nitrogens with one attached hydrogen (secondary N) is 1. The summed E-state index contributed by atoms with van der Waals surface area (Å²) in [6, 6.07) is 8.36. The summed E-state index contributed by atoms with van der Waals surface area (Å²) in [7, 11) is 0. The van der Waals surface area contributed by atoms with E-state index in [-0.39, 0.29) is 0 Å². The van der Waals surface area contributed by atoms with Crippen LogP contribution >= 0.6 is 0 Å². The van der Waals surface area contributed by atoms with Crippen molar-refractivity contribution in [3.05, 3.63) is 48.5 Å². The molecule has 0 saturated carbocycles. The van der Waals surface area contributed by atoms with Crippen LogP contribution in [0.25, 0.3) is 0 Å². The van der Waals surface area contributed by atoms with Crippen LogP contribution in [-0.2, 0) is 6.54 Å². The first kappa shape index (κ1) is 10.7. The van der Waals surface area contributed by atoms with Gasteiger partial charge in [0.2, 0.25) is 0 Å². The Morgan fingerprint density at radius 3 is 2.94 bits per heavy atom. The van der Waals surface area contributed by atoms with Crippen LogP contribution in [0.15, 0.2) is 43.0 Å². The zero-order chi connectivity index (χ0) is 11.2. The van der Waals surface area contributed by atoms with Gasteiger partial charge in [-0.1, -0.05) is 18.2 Å². The summed E-state index contributed by atoms with van der Waals surface area (Å²) in [5.74, 6) is 0. The summed E-state index contributed by atoms with van der Waals surface area (Å²) in [5.41, 5.74) is 2.53. The Kier molecular flexibility index (Phi) is 3.59. The predicted molar refractivity (Wildman–Crippen MR) is 66.5 cm³/mol. The Bertz CT molecular complexity index is 421. The Morgan fingerprint density at radius 1 is 1.31 bits per heavy atom. The molecule has 2 aromatic rings. The van der Waals surface area contributed by atoms with Crippen molar-refractivity contribution in [2.75, 3.05) is 11.9 Å². The smallest absolute Gasteiger partial charge is 0.0945 e. The lowest BCUT2D eigenvalue weighted by Gasteiger charge is -2.09. The van der Waals surface area contributed by atoms with Crippen LogP contribution in [0, 0.1) is 6.92 Å². The maximum absolute atomic E-state index is 4.02. The normalized spacial score (nSPS) is 10.3. The maximum Gasteiger partial charge on any atom is 0.0945 e. The van der Waals surface area contributed by atoms with Crippen LogP contribution in [0.3, 0.4) is 0 Å². The van der Waals surface area contributed by atoms with Gasteiger partial charge < -0.3 is 9.88 Å². The molecule has 3 nitrogen and oxygen atoms in total. The first-order chi connectivity index (χ1) is 7.86. The molecule has 2 rings (SSSR count). The summed E-state index contributed by atoms with van der Waals surface area (Å²) >= 11 is 0. The van der Waals surface area contributed by atoms with Gasteiger partial charge in [0.15, 0.2) is 0 Å². The van der Waals surface area contributed by atoms with Crippen molar-refractivity contribution in [2.24, 2.45) is 0 Å². The van der Waals surface area contributed by atoms with Crippen molar-refractivity contribution < 1.29 is 0 Å². The topological polar surface area (TPSA) is 29.9 Å². The Morgan fingerprint density at radius 2 is 2.19 bits per heavy atom. The second kappa shape index (κ2) is 5.35. The molecule has 0 atom stereocenters. The number of hydrogen-bond acceptors (Lipinski definition) is 2. The SMILES string of the molecule is Cc1ccccc1NCCCn1ccnc1. The van der Waals surface area contributed by atoms with Crippen molar-refractivity contribution in [1.82, 2.24) is 9.55 Å². The second-order valence-corrected chi connectivity index (χ2v) is 3.90. The standard InChI is InChI=1S/C13H17N3/c1-12-5-2-3-6-13(12)15-7-4-9-16-10-8-14-11-16/h2-3,5-6,8,10-11,15H,4,7,9H2,1H3. The molecule has 0 aliphatic heterocycles. The van der Waals surface area contributed by atoms with E-state index in [4.69, 9.17) is 0 Å². The third kappa shape index (κ3) is 2.86. The van der Waals surface area contributed by atoms with Crippen LogP contribution < -0.4 is 5.32 Å². The third-order valence-corrected chi connectivity index (χ3v) is 2.61. The van der Waals surface area contributed by atoms with E-state index in [1.807, 2.05) is 18.7 Å². The molecule has 84 valence electrons. The van der Waals surface area contributed by atoms with E-state index in [1.165, 1.54) is 11.3 Å². The molecule has 1 heterocycles. The molecule has 0 amide bonds. The van der Waals surface area contributed by atoms with Gasteiger partial charge >= 0.3 is 0 Å². The molecular weight excluding hydrogens is 198 g/mol. The molecule has 0 bridgehead atoms. The lowest BCUT2D eigenvalue weighted by molar-refractivity contribution is 0.660. The maximum atomic E-state index is 4.02. The van der Waals surface area contributed by atoms with E-state index in [0.717, 1.165) is 19.5 Å². The number of hydrogen-bond donors (Lipinski definition) is 1. The van der Waals surface area contributed by atoms with Gasteiger partial charge in [-0.2, -0.15) is 0 Å². The van der Waals surface area contributed by atoms with Gasteiger partial charge in [-0.15, -0.1) is 0 Å². The van der Waals surface area contributed by atoms with E-state index in [1.54, 1.807) is 0 Å². The van der Waals surface area contributed by atoms with E-state index in [2.05, 4.69) is 46.1 Å². The van der Waals surface area contributed by atoms with Crippen LogP contribution in [0.2, 0.25) is 0 Å². The minimum absolute atomic E-state index is 0.989. The number of imidazole rings is 1. The van der Waals surface area contributed by atoms with Gasteiger partial charge in [-0.25, -0.2) is 4.98 Å². The number of rotatable bonds is 5. The van der Waals surface area contributed by atoms with Gasteiger partial charge in [0.25, 0.3) is 0 Å². The molecular formula is C13H17N3. The van der Waals surface area contributed by atoms with Crippen molar-refractivity contribution in [1.29, 1.82) is 0 Å². The number of para-hydroxylation sites is 1. The van der Waals surface area contributed by atoms with Gasteiger partial charge in [0, 0.05) is 31.2 Å². The zero-order valence-electron chi connectivity index (χ0n) is 9.56. The number of anilines is 1.